The summed E-state index contributed by atoms with van der Waals surface area (Å²) >= 11 is 0. The van der Waals surface area contributed by atoms with Crippen LogP contribution in [-0.4, -0.2) is 37.0 Å². The molecule has 0 atom stereocenters. The van der Waals surface area contributed by atoms with E-state index in [1.54, 1.807) is 0 Å². The number of hydrogen-bond donors (Lipinski definition) is 2. The summed E-state index contributed by atoms with van der Waals surface area (Å²) in [7, 11) is 0. The van der Waals surface area contributed by atoms with Gasteiger partial charge in [-0.15, -0.1) is 0 Å². The summed E-state index contributed by atoms with van der Waals surface area (Å²) in [5.41, 5.74) is 5.64. The normalized spacial score (nSPS) is 10.7. The first-order valence-corrected chi connectivity index (χ1v) is 6.64. The van der Waals surface area contributed by atoms with Gasteiger partial charge in [-0.25, -0.2) is 4.39 Å². The van der Waals surface area contributed by atoms with E-state index in [1.807, 2.05) is 0 Å². The lowest BCUT2D eigenvalue weighted by molar-refractivity contribution is 0.0949. The molecule has 0 heterocycles. The van der Waals surface area contributed by atoms with Crippen molar-refractivity contribution in [1.29, 1.82) is 0 Å². The molecule has 0 fully saturated rings. The Kier molecular flexibility index (Phi) is 6.29. The van der Waals surface area contributed by atoms with Crippen LogP contribution < -0.4 is 11.1 Å². The molecule has 0 aliphatic rings. The van der Waals surface area contributed by atoms with Crippen LogP contribution in [0.2, 0.25) is 0 Å². The van der Waals surface area contributed by atoms with Crippen LogP contribution in [-0.2, 0) is 0 Å². The van der Waals surface area contributed by atoms with Gasteiger partial charge < -0.3 is 16.0 Å². The van der Waals surface area contributed by atoms with E-state index < -0.39 is 5.82 Å². The Labute approximate surface area is 113 Å². The Hall–Kier alpha value is -1.62. The Morgan fingerprint density at radius 2 is 2.11 bits per heavy atom. The number of benzene rings is 1. The minimum absolute atomic E-state index is 0.0964. The van der Waals surface area contributed by atoms with Crippen LogP contribution in [0.25, 0.3) is 0 Å². The lowest BCUT2D eigenvalue weighted by Crippen LogP contribution is -2.35. The summed E-state index contributed by atoms with van der Waals surface area (Å²) in [5.74, 6) is -0.890. The number of halogens is 1. The molecule has 0 aliphatic heterocycles. The number of carbonyl (C=O) groups excluding carboxylic acids is 1. The van der Waals surface area contributed by atoms with E-state index in [1.165, 1.54) is 18.2 Å². The molecule has 0 saturated carbocycles. The maximum atomic E-state index is 13.2. The van der Waals surface area contributed by atoms with Crippen LogP contribution in [0.3, 0.4) is 0 Å². The highest BCUT2D eigenvalue weighted by atomic mass is 19.1. The van der Waals surface area contributed by atoms with E-state index in [0.29, 0.717) is 6.54 Å². The van der Waals surface area contributed by atoms with Crippen LogP contribution >= 0.6 is 0 Å². The molecule has 0 unspecified atom stereocenters. The van der Waals surface area contributed by atoms with Crippen LogP contribution in [0.5, 0.6) is 0 Å². The summed E-state index contributed by atoms with van der Waals surface area (Å²) in [6.07, 6.45) is 1.08. The first-order chi connectivity index (χ1) is 9.10. The van der Waals surface area contributed by atoms with Gasteiger partial charge in [0.1, 0.15) is 5.82 Å². The van der Waals surface area contributed by atoms with E-state index in [-0.39, 0.29) is 17.2 Å². The molecular formula is C14H22FN3O. The summed E-state index contributed by atoms with van der Waals surface area (Å²) in [5, 5.41) is 2.76. The van der Waals surface area contributed by atoms with E-state index in [2.05, 4.69) is 24.1 Å². The lowest BCUT2D eigenvalue weighted by Gasteiger charge is -2.19. The number of nitrogens with two attached hydrogens (primary N) is 1. The largest absolute Gasteiger partial charge is 0.396 e. The first kappa shape index (κ1) is 15.4. The summed E-state index contributed by atoms with van der Waals surface area (Å²) in [6, 6.07) is 4.25. The quantitative estimate of drug-likeness (QED) is 0.741. The third-order valence-electron chi connectivity index (χ3n) is 3.00. The van der Waals surface area contributed by atoms with E-state index >= 15 is 0 Å². The standard InChI is InChI=1S/C14H22FN3O/c1-3-9-18(4-2)10-8-17-14(19)11-6-5-7-12(15)13(11)16/h5-7H,3-4,8-10,16H2,1-2H3,(H,17,19). The second kappa shape index (κ2) is 7.74. The Morgan fingerprint density at radius 3 is 2.74 bits per heavy atom. The number of para-hydroxylation sites is 1. The molecule has 19 heavy (non-hydrogen) atoms. The smallest absolute Gasteiger partial charge is 0.253 e. The van der Waals surface area contributed by atoms with Crippen molar-refractivity contribution in [3.63, 3.8) is 0 Å². The minimum Gasteiger partial charge on any atom is -0.396 e. The van der Waals surface area contributed by atoms with Crippen molar-refractivity contribution < 1.29 is 9.18 Å². The number of hydrogen-bond acceptors (Lipinski definition) is 3. The number of amides is 1. The van der Waals surface area contributed by atoms with Gasteiger partial charge in [0.05, 0.1) is 11.3 Å². The highest BCUT2D eigenvalue weighted by Gasteiger charge is 2.12. The fourth-order valence-corrected chi connectivity index (χ4v) is 1.90. The van der Waals surface area contributed by atoms with E-state index in [9.17, 15) is 9.18 Å². The minimum atomic E-state index is -0.561. The molecular weight excluding hydrogens is 245 g/mol. The van der Waals surface area contributed by atoms with Gasteiger partial charge in [-0.05, 0) is 31.6 Å². The molecule has 3 N–H and O–H groups in total. The predicted molar refractivity (Wildman–Crippen MR) is 75.6 cm³/mol. The van der Waals surface area contributed by atoms with Crippen molar-refractivity contribution in [3.05, 3.63) is 29.6 Å². The van der Waals surface area contributed by atoms with Gasteiger partial charge in [0.25, 0.3) is 5.91 Å². The van der Waals surface area contributed by atoms with Crippen LogP contribution in [0.4, 0.5) is 10.1 Å². The number of carbonyl (C=O) groups is 1. The molecule has 1 aromatic rings. The Balaban J connectivity index is 2.49. The molecule has 1 rings (SSSR count). The van der Waals surface area contributed by atoms with Crippen molar-refractivity contribution in [2.75, 3.05) is 31.9 Å². The molecule has 106 valence electrons. The van der Waals surface area contributed by atoms with Crippen molar-refractivity contribution in [3.8, 4) is 0 Å². The van der Waals surface area contributed by atoms with Crippen molar-refractivity contribution in [1.82, 2.24) is 10.2 Å². The number of nitrogens with one attached hydrogen (secondary N) is 1. The monoisotopic (exact) mass is 267 g/mol. The number of rotatable bonds is 7. The van der Waals surface area contributed by atoms with Crippen LogP contribution in [0.15, 0.2) is 18.2 Å². The summed E-state index contributed by atoms with van der Waals surface area (Å²) < 4.78 is 13.2. The zero-order valence-electron chi connectivity index (χ0n) is 11.6. The summed E-state index contributed by atoms with van der Waals surface area (Å²) in [6.45, 7) is 7.48. The maximum Gasteiger partial charge on any atom is 0.253 e. The second-order valence-electron chi connectivity index (χ2n) is 4.39. The van der Waals surface area contributed by atoms with Crippen molar-refractivity contribution in [2.45, 2.75) is 20.3 Å². The van der Waals surface area contributed by atoms with Gasteiger partial charge >= 0.3 is 0 Å². The lowest BCUT2D eigenvalue weighted by atomic mass is 10.1. The fraction of sp³-hybridized carbons (Fsp3) is 0.500. The molecule has 0 bridgehead atoms. The highest BCUT2D eigenvalue weighted by molar-refractivity contribution is 5.99. The van der Waals surface area contributed by atoms with E-state index in [4.69, 9.17) is 5.73 Å². The van der Waals surface area contributed by atoms with Gasteiger partial charge in [-0.1, -0.05) is 19.9 Å². The molecule has 0 radical (unpaired) electrons. The molecule has 0 saturated heterocycles. The number of likely N-dealkylation sites (N-methyl/N-ethyl adjacent to an activating group) is 1. The molecule has 1 aromatic carbocycles. The third-order valence-corrected chi connectivity index (χ3v) is 3.00. The van der Waals surface area contributed by atoms with E-state index in [0.717, 1.165) is 26.1 Å². The molecule has 0 aliphatic carbocycles. The summed E-state index contributed by atoms with van der Waals surface area (Å²) in [4.78, 5) is 14.1. The van der Waals surface area contributed by atoms with Gasteiger partial charge in [-0.3, -0.25) is 4.79 Å². The van der Waals surface area contributed by atoms with Crippen LogP contribution in [0, 0.1) is 5.82 Å². The van der Waals surface area contributed by atoms with Gasteiger partial charge in [0.2, 0.25) is 0 Å². The highest BCUT2D eigenvalue weighted by Crippen LogP contribution is 2.15. The van der Waals surface area contributed by atoms with Gasteiger partial charge in [0.15, 0.2) is 0 Å². The molecule has 0 spiro atoms. The molecule has 5 heteroatoms. The SMILES string of the molecule is CCCN(CC)CCNC(=O)c1cccc(F)c1N. The van der Waals surface area contributed by atoms with Crippen molar-refractivity contribution >= 4 is 11.6 Å². The Morgan fingerprint density at radius 1 is 1.37 bits per heavy atom. The van der Waals surface area contributed by atoms with Gasteiger partial charge in [-0.2, -0.15) is 0 Å². The fourth-order valence-electron chi connectivity index (χ4n) is 1.90. The first-order valence-electron chi connectivity index (χ1n) is 6.64. The average molecular weight is 267 g/mol. The third kappa shape index (κ3) is 4.52. The predicted octanol–water partition coefficient (Wildman–Crippen LogP) is 1.87. The zero-order valence-corrected chi connectivity index (χ0v) is 11.6. The van der Waals surface area contributed by atoms with Crippen molar-refractivity contribution in [2.24, 2.45) is 0 Å². The zero-order chi connectivity index (χ0) is 14.3. The van der Waals surface area contributed by atoms with Crippen LogP contribution in [0.1, 0.15) is 30.6 Å². The Bertz CT molecular complexity index is 423. The molecule has 4 nitrogen and oxygen atoms in total. The second-order valence-corrected chi connectivity index (χ2v) is 4.39. The average Bonchev–Trinajstić information content (AvgIpc) is 2.40. The number of anilines is 1. The number of nitrogen functional groups attached to an aromatic ring is 1. The number of nitrogens with zero attached hydrogens (tertiary/aromatic N) is 1. The molecule has 0 aromatic heterocycles. The molecule has 1 amide bonds. The maximum absolute atomic E-state index is 13.2. The van der Waals surface area contributed by atoms with Gasteiger partial charge in [0, 0.05) is 13.1 Å². The topological polar surface area (TPSA) is 58.4 Å².